The molecule has 0 aliphatic heterocycles. The Labute approximate surface area is 52.7 Å². The maximum atomic E-state index is 8.29. The fourth-order valence-corrected chi connectivity index (χ4v) is 0.539. The highest BCUT2D eigenvalue weighted by Gasteiger charge is 1.80. The summed E-state index contributed by atoms with van der Waals surface area (Å²) in [5, 5.41) is 8.29. The van der Waals surface area contributed by atoms with Crippen molar-refractivity contribution in [2.45, 2.75) is 40.0 Å². The number of hydrogen-bond acceptors (Lipinski definition) is 1. The first kappa shape index (κ1) is 10.9. The van der Waals surface area contributed by atoms with Crippen molar-refractivity contribution in [1.82, 2.24) is 0 Å². The van der Waals surface area contributed by atoms with Crippen molar-refractivity contribution in [2.24, 2.45) is 0 Å². The van der Waals surface area contributed by atoms with Crippen LogP contribution in [0.1, 0.15) is 40.0 Å². The van der Waals surface area contributed by atoms with Gasteiger partial charge in [-0.25, -0.2) is 0 Å². The zero-order chi connectivity index (χ0) is 5.54. The highest BCUT2D eigenvalue weighted by Crippen LogP contribution is 1.95. The average molecular weight is 118 g/mol. The summed E-state index contributed by atoms with van der Waals surface area (Å²) in [7, 11) is 0. The van der Waals surface area contributed by atoms with Crippen LogP contribution >= 0.6 is 0 Å². The van der Waals surface area contributed by atoms with Crippen LogP contribution in [0, 0.1) is 0 Å². The van der Waals surface area contributed by atoms with Crippen LogP contribution in [0.5, 0.6) is 0 Å². The molecule has 0 aromatic carbocycles. The molecule has 0 saturated carbocycles. The molecular formula is C7H18O. The quantitative estimate of drug-likeness (QED) is 0.561. The molecule has 0 aliphatic carbocycles. The molecule has 1 N–H and O–H groups in total. The minimum atomic E-state index is 0. The smallest absolute Gasteiger partial charge is 0.0431 e. The SMILES string of the molecule is C.CCCCCCO. The molecule has 0 aromatic rings. The summed E-state index contributed by atoms with van der Waals surface area (Å²) in [6, 6.07) is 0. The Kier molecular flexibility index (Phi) is 13.6. The summed E-state index contributed by atoms with van der Waals surface area (Å²) in [5.74, 6) is 0. The van der Waals surface area contributed by atoms with Gasteiger partial charge in [0.15, 0.2) is 0 Å². The molecule has 0 amide bonds. The van der Waals surface area contributed by atoms with E-state index in [0.717, 1.165) is 6.42 Å². The van der Waals surface area contributed by atoms with Gasteiger partial charge in [-0.1, -0.05) is 33.6 Å². The maximum Gasteiger partial charge on any atom is 0.0431 e. The highest BCUT2D eigenvalue weighted by atomic mass is 16.2. The minimum absolute atomic E-state index is 0. The summed E-state index contributed by atoms with van der Waals surface area (Å²) in [6.07, 6.45) is 4.68. The highest BCUT2D eigenvalue weighted by molar-refractivity contribution is 4.35. The standard InChI is InChI=1S/C6H14O.CH4/c1-2-3-4-5-6-7;/h7H,2-6H2,1H3;1H4. The normalized spacial score (nSPS) is 8.25. The zero-order valence-corrected chi connectivity index (χ0v) is 4.98. The van der Waals surface area contributed by atoms with Gasteiger partial charge in [-0.05, 0) is 6.42 Å². The fourth-order valence-electron chi connectivity index (χ4n) is 0.539. The first-order valence-corrected chi connectivity index (χ1v) is 3.02. The predicted octanol–water partition coefficient (Wildman–Crippen LogP) is 2.20. The van der Waals surface area contributed by atoms with E-state index >= 15 is 0 Å². The molecule has 0 heterocycles. The third-order valence-corrected chi connectivity index (χ3v) is 1.01. The van der Waals surface area contributed by atoms with Crippen LogP contribution in [0.15, 0.2) is 0 Å². The van der Waals surface area contributed by atoms with E-state index in [1.165, 1.54) is 19.3 Å². The molecule has 0 unspecified atom stereocenters. The van der Waals surface area contributed by atoms with Crippen LogP contribution in [0.25, 0.3) is 0 Å². The Bertz CT molecular complexity index is 23.6. The van der Waals surface area contributed by atoms with Crippen molar-refractivity contribution < 1.29 is 5.11 Å². The molecule has 0 bridgehead atoms. The maximum absolute atomic E-state index is 8.29. The van der Waals surface area contributed by atoms with Crippen molar-refractivity contribution in [3.63, 3.8) is 0 Å². The lowest BCUT2D eigenvalue weighted by atomic mass is 10.2. The molecule has 0 aromatic heterocycles. The van der Waals surface area contributed by atoms with Crippen LogP contribution in [-0.4, -0.2) is 11.7 Å². The second kappa shape index (κ2) is 10.0. The second-order valence-corrected chi connectivity index (χ2v) is 1.78. The Morgan fingerprint density at radius 1 is 1.12 bits per heavy atom. The first-order valence-electron chi connectivity index (χ1n) is 3.02. The molecule has 0 spiro atoms. The lowest BCUT2D eigenvalue weighted by molar-refractivity contribution is 0.283. The fraction of sp³-hybridized carbons (Fsp3) is 1.00. The van der Waals surface area contributed by atoms with Crippen LogP contribution in [0.4, 0.5) is 0 Å². The number of unbranched alkanes of at least 4 members (excludes halogenated alkanes) is 3. The lowest BCUT2D eigenvalue weighted by Gasteiger charge is -1.90. The number of rotatable bonds is 4. The molecule has 0 saturated heterocycles. The van der Waals surface area contributed by atoms with E-state index in [9.17, 15) is 0 Å². The van der Waals surface area contributed by atoms with Gasteiger partial charge < -0.3 is 5.11 Å². The van der Waals surface area contributed by atoms with E-state index in [4.69, 9.17) is 5.11 Å². The van der Waals surface area contributed by atoms with Gasteiger partial charge in [0.05, 0.1) is 0 Å². The molecule has 8 heavy (non-hydrogen) atoms. The van der Waals surface area contributed by atoms with Gasteiger partial charge in [0, 0.05) is 6.61 Å². The zero-order valence-electron chi connectivity index (χ0n) is 4.98. The van der Waals surface area contributed by atoms with Crippen molar-refractivity contribution in [3.8, 4) is 0 Å². The van der Waals surface area contributed by atoms with Crippen molar-refractivity contribution in [1.29, 1.82) is 0 Å². The molecule has 0 aliphatic rings. The summed E-state index contributed by atoms with van der Waals surface area (Å²) >= 11 is 0. The van der Waals surface area contributed by atoms with Crippen molar-refractivity contribution in [3.05, 3.63) is 0 Å². The topological polar surface area (TPSA) is 20.2 Å². The Morgan fingerprint density at radius 2 is 1.75 bits per heavy atom. The van der Waals surface area contributed by atoms with Gasteiger partial charge in [-0.3, -0.25) is 0 Å². The molecule has 0 fully saturated rings. The van der Waals surface area contributed by atoms with E-state index in [2.05, 4.69) is 6.92 Å². The summed E-state index contributed by atoms with van der Waals surface area (Å²) in [4.78, 5) is 0. The summed E-state index contributed by atoms with van der Waals surface area (Å²) in [5.41, 5.74) is 0. The van der Waals surface area contributed by atoms with Crippen LogP contribution in [0.2, 0.25) is 0 Å². The van der Waals surface area contributed by atoms with Gasteiger partial charge in [-0.2, -0.15) is 0 Å². The predicted molar refractivity (Wildman–Crippen MR) is 38.0 cm³/mol. The molecule has 0 rings (SSSR count). The third-order valence-electron chi connectivity index (χ3n) is 1.01. The van der Waals surface area contributed by atoms with Crippen molar-refractivity contribution >= 4 is 0 Å². The van der Waals surface area contributed by atoms with Gasteiger partial charge in [0.25, 0.3) is 0 Å². The number of aliphatic hydroxyl groups is 1. The average Bonchev–Trinajstić information content (AvgIpc) is 1.69. The summed E-state index contributed by atoms with van der Waals surface area (Å²) in [6.45, 7) is 2.53. The van der Waals surface area contributed by atoms with Crippen LogP contribution in [0.3, 0.4) is 0 Å². The number of hydrogen-bond donors (Lipinski definition) is 1. The van der Waals surface area contributed by atoms with E-state index in [1.54, 1.807) is 0 Å². The minimum Gasteiger partial charge on any atom is -0.396 e. The van der Waals surface area contributed by atoms with Gasteiger partial charge in [0.2, 0.25) is 0 Å². The van der Waals surface area contributed by atoms with Gasteiger partial charge in [0.1, 0.15) is 0 Å². The van der Waals surface area contributed by atoms with E-state index in [1.807, 2.05) is 0 Å². The molecular weight excluding hydrogens is 100 g/mol. The molecule has 0 radical (unpaired) electrons. The Balaban J connectivity index is 0. The van der Waals surface area contributed by atoms with Crippen LogP contribution < -0.4 is 0 Å². The second-order valence-electron chi connectivity index (χ2n) is 1.78. The summed E-state index contributed by atoms with van der Waals surface area (Å²) < 4.78 is 0. The van der Waals surface area contributed by atoms with Crippen molar-refractivity contribution in [2.75, 3.05) is 6.61 Å². The largest absolute Gasteiger partial charge is 0.396 e. The molecule has 52 valence electrons. The first-order chi connectivity index (χ1) is 3.41. The molecule has 1 heteroatoms. The Morgan fingerprint density at radius 3 is 2.12 bits per heavy atom. The van der Waals surface area contributed by atoms with Gasteiger partial charge in [-0.15, -0.1) is 0 Å². The van der Waals surface area contributed by atoms with E-state index in [-0.39, 0.29) is 7.43 Å². The lowest BCUT2D eigenvalue weighted by Crippen LogP contribution is -1.80. The third kappa shape index (κ3) is 9.35. The monoisotopic (exact) mass is 118 g/mol. The van der Waals surface area contributed by atoms with E-state index < -0.39 is 0 Å². The van der Waals surface area contributed by atoms with Gasteiger partial charge >= 0.3 is 0 Å². The Hall–Kier alpha value is -0.0400. The van der Waals surface area contributed by atoms with E-state index in [0.29, 0.717) is 6.61 Å². The molecule has 1 nitrogen and oxygen atoms in total. The van der Waals surface area contributed by atoms with Crippen LogP contribution in [-0.2, 0) is 0 Å². The number of aliphatic hydroxyl groups excluding tert-OH is 1. The molecule has 0 atom stereocenters.